The van der Waals surface area contributed by atoms with Crippen molar-refractivity contribution in [1.29, 1.82) is 0 Å². The highest BCUT2D eigenvalue weighted by atomic mass is 16.1. The van der Waals surface area contributed by atoms with E-state index in [1.165, 1.54) is 25.7 Å². The molecule has 0 aromatic heterocycles. The van der Waals surface area contributed by atoms with Crippen LogP contribution in [0.5, 0.6) is 0 Å². The molecule has 11 heavy (non-hydrogen) atoms. The normalized spacial score (nSPS) is 48.2. The summed E-state index contributed by atoms with van der Waals surface area (Å²) >= 11 is 0. The molecule has 1 heteroatoms. The van der Waals surface area contributed by atoms with E-state index in [-0.39, 0.29) is 0 Å². The van der Waals surface area contributed by atoms with Crippen molar-refractivity contribution in [2.75, 3.05) is 0 Å². The molecule has 2 saturated carbocycles. The van der Waals surface area contributed by atoms with Crippen LogP contribution in [-0.4, -0.2) is 5.78 Å². The molecule has 3 unspecified atom stereocenters. The fourth-order valence-electron chi connectivity index (χ4n) is 3.12. The average molecular weight is 152 g/mol. The molecule has 0 aliphatic heterocycles. The van der Waals surface area contributed by atoms with E-state index in [1.54, 1.807) is 6.92 Å². The lowest BCUT2D eigenvalue weighted by molar-refractivity contribution is -0.119. The Balaban J connectivity index is 2.12. The summed E-state index contributed by atoms with van der Waals surface area (Å²) in [5.41, 5.74) is 0.435. The van der Waals surface area contributed by atoms with Crippen LogP contribution in [0.1, 0.15) is 39.5 Å². The number of carbonyl (C=O) groups is 1. The van der Waals surface area contributed by atoms with Gasteiger partial charge in [0, 0.05) is 5.92 Å². The molecular weight excluding hydrogens is 136 g/mol. The fourth-order valence-corrected chi connectivity index (χ4v) is 3.12. The van der Waals surface area contributed by atoms with Gasteiger partial charge in [-0.2, -0.15) is 0 Å². The Kier molecular flexibility index (Phi) is 1.39. The first-order chi connectivity index (χ1) is 5.16. The molecule has 2 aliphatic carbocycles. The number of hydrogen-bond donors (Lipinski definition) is 0. The summed E-state index contributed by atoms with van der Waals surface area (Å²) in [5, 5.41) is 0. The number of rotatable bonds is 1. The summed E-state index contributed by atoms with van der Waals surface area (Å²) in [6.07, 6.45) is 5.30. The summed E-state index contributed by atoms with van der Waals surface area (Å²) in [4.78, 5) is 11.2. The van der Waals surface area contributed by atoms with Crippen molar-refractivity contribution in [3.05, 3.63) is 0 Å². The van der Waals surface area contributed by atoms with Crippen molar-refractivity contribution in [2.45, 2.75) is 39.5 Å². The van der Waals surface area contributed by atoms with Gasteiger partial charge in [0.05, 0.1) is 0 Å². The summed E-state index contributed by atoms with van der Waals surface area (Å²) in [6.45, 7) is 4.05. The van der Waals surface area contributed by atoms with E-state index in [4.69, 9.17) is 0 Å². The van der Waals surface area contributed by atoms with Crippen molar-refractivity contribution in [1.82, 2.24) is 0 Å². The Morgan fingerprint density at radius 1 is 1.45 bits per heavy atom. The third-order valence-corrected chi connectivity index (χ3v) is 3.77. The first kappa shape index (κ1) is 7.33. The number of fused-ring (bicyclic) bond motifs is 1. The maximum atomic E-state index is 11.2. The Hall–Kier alpha value is -0.330. The molecule has 62 valence electrons. The van der Waals surface area contributed by atoms with Gasteiger partial charge < -0.3 is 0 Å². The first-order valence-corrected chi connectivity index (χ1v) is 4.67. The minimum absolute atomic E-state index is 0.430. The van der Waals surface area contributed by atoms with Crippen LogP contribution in [0, 0.1) is 17.3 Å². The largest absolute Gasteiger partial charge is 0.300 e. The number of Topliss-reactive ketones (excluding diaryl/α,β-unsaturated/α-hetero) is 1. The molecule has 2 fully saturated rings. The highest BCUT2D eigenvalue weighted by Gasteiger charge is 2.63. The van der Waals surface area contributed by atoms with Crippen LogP contribution in [0.2, 0.25) is 0 Å². The molecule has 3 atom stereocenters. The van der Waals surface area contributed by atoms with Gasteiger partial charge in [-0.1, -0.05) is 19.8 Å². The summed E-state index contributed by atoms with van der Waals surface area (Å²) in [5.74, 6) is 1.62. The first-order valence-electron chi connectivity index (χ1n) is 4.67. The fraction of sp³-hybridized carbons (Fsp3) is 0.900. The second-order valence-corrected chi connectivity index (χ2v) is 4.45. The van der Waals surface area contributed by atoms with Crippen molar-refractivity contribution in [3.63, 3.8) is 0 Å². The average Bonchev–Trinajstić information content (AvgIpc) is 2.54. The van der Waals surface area contributed by atoms with E-state index in [9.17, 15) is 4.79 Å². The van der Waals surface area contributed by atoms with Crippen LogP contribution in [0.4, 0.5) is 0 Å². The molecule has 0 N–H and O–H groups in total. The Labute approximate surface area is 68.2 Å². The zero-order valence-corrected chi connectivity index (χ0v) is 7.39. The second kappa shape index (κ2) is 2.09. The van der Waals surface area contributed by atoms with Gasteiger partial charge in [-0.3, -0.25) is 4.79 Å². The van der Waals surface area contributed by atoms with Crippen LogP contribution < -0.4 is 0 Å². The van der Waals surface area contributed by atoms with Crippen LogP contribution in [0.25, 0.3) is 0 Å². The Morgan fingerprint density at radius 3 is 2.64 bits per heavy atom. The lowest BCUT2D eigenvalue weighted by Gasteiger charge is -2.15. The van der Waals surface area contributed by atoms with Crippen LogP contribution >= 0.6 is 0 Å². The van der Waals surface area contributed by atoms with Crippen molar-refractivity contribution in [2.24, 2.45) is 17.3 Å². The minimum atomic E-state index is 0.430. The molecule has 0 saturated heterocycles. The van der Waals surface area contributed by atoms with Gasteiger partial charge in [-0.05, 0) is 31.1 Å². The quantitative estimate of drug-likeness (QED) is 0.564. The molecule has 0 amide bonds. The number of carbonyl (C=O) groups excluding carboxylic acids is 1. The molecule has 0 aromatic carbocycles. The van der Waals surface area contributed by atoms with Gasteiger partial charge in [0.15, 0.2) is 0 Å². The lowest BCUT2D eigenvalue weighted by atomic mass is 9.90. The van der Waals surface area contributed by atoms with E-state index in [1.807, 2.05) is 0 Å². The van der Waals surface area contributed by atoms with Gasteiger partial charge in [0.1, 0.15) is 5.78 Å². The van der Waals surface area contributed by atoms with Crippen molar-refractivity contribution < 1.29 is 4.79 Å². The van der Waals surface area contributed by atoms with Crippen molar-refractivity contribution in [3.8, 4) is 0 Å². The Bertz CT molecular complexity index is 197. The zero-order valence-electron chi connectivity index (χ0n) is 7.39. The summed E-state index contributed by atoms with van der Waals surface area (Å²) < 4.78 is 0. The molecular formula is C10H16O. The maximum Gasteiger partial charge on any atom is 0.133 e. The number of hydrogen-bond acceptors (Lipinski definition) is 1. The van der Waals surface area contributed by atoms with E-state index >= 15 is 0 Å². The standard InChI is InChI=1S/C10H16O/c1-7(11)9-8-5-3-4-6-10(8,9)2/h8-9H,3-6H2,1-2H3. The van der Waals surface area contributed by atoms with E-state index in [2.05, 4.69) is 6.92 Å². The third-order valence-electron chi connectivity index (χ3n) is 3.77. The highest BCUT2D eigenvalue weighted by Crippen LogP contribution is 2.66. The van der Waals surface area contributed by atoms with Gasteiger partial charge in [0.25, 0.3) is 0 Å². The maximum absolute atomic E-state index is 11.2. The predicted molar refractivity (Wildman–Crippen MR) is 44.2 cm³/mol. The topological polar surface area (TPSA) is 17.1 Å². The minimum Gasteiger partial charge on any atom is -0.300 e. The van der Waals surface area contributed by atoms with E-state index in [0.29, 0.717) is 17.1 Å². The van der Waals surface area contributed by atoms with Crippen LogP contribution in [-0.2, 0) is 4.79 Å². The smallest absolute Gasteiger partial charge is 0.133 e. The molecule has 2 rings (SSSR count). The summed E-state index contributed by atoms with van der Waals surface area (Å²) in [6, 6.07) is 0. The Morgan fingerprint density at radius 2 is 2.18 bits per heavy atom. The summed E-state index contributed by atoms with van der Waals surface area (Å²) in [7, 11) is 0. The highest BCUT2D eigenvalue weighted by molar-refractivity contribution is 5.83. The van der Waals surface area contributed by atoms with E-state index in [0.717, 1.165) is 5.92 Å². The lowest BCUT2D eigenvalue weighted by Crippen LogP contribution is -2.06. The molecule has 0 bridgehead atoms. The molecule has 0 spiro atoms. The van der Waals surface area contributed by atoms with E-state index < -0.39 is 0 Å². The monoisotopic (exact) mass is 152 g/mol. The van der Waals surface area contributed by atoms with Gasteiger partial charge in [-0.25, -0.2) is 0 Å². The van der Waals surface area contributed by atoms with Gasteiger partial charge >= 0.3 is 0 Å². The zero-order chi connectivity index (χ0) is 8.06. The second-order valence-electron chi connectivity index (χ2n) is 4.45. The molecule has 0 heterocycles. The number of ketones is 1. The molecule has 2 aliphatic rings. The van der Waals surface area contributed by atoms with Crippen LogP contribution in [0.3, 0.4) is 0 Å². The molecule has 0 aromatic rings. The van der Waals surface area contributed by atoms with Gasteiger partial charge in [-0.15, -0.1) is 0 Å². The third kappa shape index (κ3) is 0.863. The molecule has 0 radical (unpaired) electrons. The van der Waals surface area contributed by atoms with Crippen LogP contribution in [0.15, 0.2) is 0 Å². The van der Waals surface area contributed by atoms with Gasteiger partial charge in [0.2, 0.25) is 0 Å². The van der Waals surface area contributed by atoms with Crippen molar-refractivity contribution >= 4 is 5.78 Å². The molecule has 1 nitrogen and oxygen atoms in total. The predicted octanol–water partition coefficient (Wildman–Crippen LogP) is 2.40. The SMILES string of the molecule is CC(=O)C1C2CCCCC21C.